The van der Waals surface area contributed by atoms with Gasteiger partial charge in [-0.05, 0) is 111 Å². The molecule has 0 radical (unpaired) electrons. The number of nitrogens with zero attached hydrogens (tertiary/aromatic N) is 7. The molecule has 0 bridgehead atoms. The van der Waals surface area contributed by atoms with Crippen molar-refractivity contribution >= 4 is 41.3 Å². The third kappa shape index (κ3) is 12.2. The number of amides is 5. The van der Waals surface area contributed by atoms with Gasteiger partial charge in [0.1, 0.15) is 17.7 Å². The number of rotatable bonds is 15. The number of imide groups is 1. The summed E-state index contributed by atoms with van der Waals surface area (Å²) in [6.07, 6.45) is 8.60. The van der Waals surface area contributed by atoms with E-state index in [0.717, 1.165) is 108 Å². The molecule has 5 amide bonds. The van der Waals surface area contributed by atoms with E-state index in [1.165, 1.54) is 18.3 Å². The number of carbonyl (C=O) groups excluding carboxylic acids is 5. The van der Waals surface area contributed by atoms with Gasteiger partial charge in [0.2, 0.25) is 17.8 Å². The van der Waals surface area contributed by atoms with Gasteiger partial charge < -0.3 is 24.9 Å². The zero-order valence-corrected chi connectivity index (χ0v) is 37.2. The standard InChI is InChI=1S/C50H58FN9O5/c1-36-33-57(24-8-6-21-54-47(62)40(32-52)31-39-13-10-22-53-46(39)51)27-30-59(34-36)49(64)38-15-17-41(18-16-38)58-28-25-56(26-29-58)23-7-4-2-3-5-11-37-12-9-14-42-43(37)35-60(50(42)65)44-19-20-45(61)55-48(44)63/h9-10,12-18,22,31,36,44H,2-4,6-8,19-21,23-30,33-35H2,1H3,(H,54,62)(H,55,61,63)/b40-31+. The van der Waals surface area contributed by atoms with Crippen LogP contribution in [-0.4, -0.2) is 132 Å². The number of piperazine rings is 1. The fourth-order valence-electron chi connectivity index (χ4n) is 9.09. The summed E-state index contributed by atoms with van der Waals surface area (Å²) >= 11 is 0. The Kier molecular flexibility index (Phi) is 16.1. The normalized spacial score (nSPS) is 19.5. The van der Waals surface area contributed by atoms with E-state index >= 15 is 0 Å². The highest BCUT2D eigenvalue weighted by atomic mass is 19.1. The van der Waals surface area contributed by atoms with Crippen molar-refractivity contribution in [3.05, 3.63) is 100 Å². The Balaban J connectivity index is 0.768. The highest BCUT2D eigenvalue weighted by Gasteiger charge is 2.39. The number of anilines is 1. The van der Waals surface area contributed by atoms with E-state index in [0.29, 0.717) is 49.6 Å². The van der Waals surface area contributed by atoms with Gasteiger partial charge in [0.25, 0.3) is 17.7 Å². The number of halogens is 1. The molecule has 5 heterocycles. The maximum Gasteiger partial charge on any atom is 0.261 e. The first-order valence-electron chi connectivity index (χ1n) is 22.9. The van der Waals surface area contributed by atoms with Crippen LogP contribution in [0.3, 0.4) is 0 Å². The predicted octanol–water partition coefficient (Wildman–Crippen LogP) is 4.61. The molecule has 3 fully saturated rings. The van der Waals surface area contributed by atoms with Gasteiger partial charge in [-0.1, -0.05) is 31.3 Å². The SMILES string of the molecule is CC1CN(CCCCNC(=O)/C(C#N)=C/c2cccnc2F)CCN(C(=O)c2ccc(N3CCN(CCCCCC#Cc4cccc5c4CN(C4CCC(=O)NC4=O)C5=O)CC3)cc2)C1. The van der Waals surface area contributed by atoms with Crippen molar-refractivity contribution in [2.24, 2.45) is 5.92 Å². The molecule has 2 N–H and O–H groups in total. The Bertz CT molecular complexity index is 2360. The average Bonchev–Trinajstić information content (AvgIpc) is 3.52. The molecule has 14 nitrogen and oxygen atoms in total. The molecule has 0 spiro atoms. The lowest BCUT2D eigenvalue weighted by Crippen LogP contribution is -2.52. The van der Waals surface area contributed by atoms with Crippen LogP contribution in [0.4, 0.5) is 10.1 Å². The number of piperidine rings is 1. The van der Waals surface area contributed by atoms with Gasteiger partial charge in [-0.15, -0.1) is 0 Å². The second-order valence-electron chi connectivity index (χ2n) is 17.4. The van der Waals surface area contributed by atoms with E-state index in [1.54, 1.807) is 17.0 Å². The maximum absolute atomic E-state index is 13.9. The van der Waals surface area contributed by atoms with Gasteiger partial charge in [-0.3, -0.25) is 34.2 Å². The fourth-order valence-corrected chi connectivity index (χ4v) is 9.09. The van der Waals surface area contributed by atoms with Crippen molar-refractivity contribution in [3.8, 4) is 17.9 Å². The minimum Gasteiger partial charge on any atom is -0.369 e. The van der Waals surface area contributed by atoms with Crippen molar-refractivity contribution in [3.63, 3.8) is 0 Å². The first kappa shape index (κ1) is 46.6. The van der Waals surface area contributed by atoms with E-state index in [-0.39, 0.29) is 35.3 Å². The third-order valence-electron chi connectivity index (χ3n) is 12.6. The van der Waals surface area contributed by atoms with E-state index in [2.05, 4.69) is 61.2 Å². The van der Waals surface area contributed by atoms with Gasteiger partial charge in [0.05, 0.1) is 0 Å². The lowest BCUT2D eigenvalue weighted by atomic mass is 10.0. The van der Waals surface area contributed by atoms with Crippen LogP contribution in [0.2, 0.25) is 0 Å². The number of hydrogen-bond acceptors (Lipinski definition) is 10. The summed E-state index contributed by atoms with van der Waals surface area (Å²) in [4.78, 5) is 77.7. The molecule has 0 aliphatic carbocycles. The zero-order chi connectivity index (χ0) is 45.7. The topological polar surface area (TPSA) is 162 Å². The summed E-state index contributed by atoms with van der Waals surface area (Å²) in [7, 11) is 0. The fraction of sp³-hybridized carbons (Fsp3) is 0.460. The number of benzene rings is 2. The Morgan fingerprint density at radius 3 is 2.45 bits per heavy atom. The van der Waals surface area contributed by atoms with Gasteiger partial charge >= 0.3 is 0 Å². The summed E-state index contributed by atoms with van der Waals surface area (Å²) in [6, 6.07) is 17.8. The number of carbonyl (C=O) groups is 5. The molecule has 65 heavy (non-hydrogen) atoms. The third-order valence-corrected chi connectivity index (χ3v) is 12.6. The molecule has 2 aromatic carbocycles. The van der Waals surface area contributed by atoms with E-state index in [4.69, 9.17) is 0 Å². The van der Waals surface area contributed by atoms with E-state index < -0.39 is 23.8 Å². The summed E-state index contributed by atoms with van der Waals surface area (Å²) in [5, 5.41) is 14.5. The first-order valence-corrected chi connectivity index (χ1v) is 22.9. The molecule has 4 aliphatic rings. The van der Waals surface area contributed by atoms with Crippen LogP contribution in [0.5, 0.6) is 0 Å². The Morgan fingerprint density at radius 2 is 1.68 bits per heavy atom. The summed E-state index contributed by atoms with van der Waals surface area (Å²) in [5.74, 6) is 4.76. The Hall–Kier alpha value is -6.42. The minimum atomic E-state index is -0.736. The van der Waals surface area contributed by atoms with Crippen LogP contribution >= 0.6 is 0 Å². The van der Waals surface area contributed by atoms with Crippen molar-refractivity contribution in [2.45, 2.75) is 70.9 Å². The molecule has 3 aromatic rings. The monoisotopic (exact) mass is 883 g/mol. The number of pyridine rings is 1. The van der Waals surface area contributed by atoms with Crippen LogP contribution in [0.15, 0.2) is 66.4 Å². The largest absolute Gasteiger partial charge is 0.369 e. The summed E-state index contributed by atoms with van der Waals surface area (Å²) in [6.45, 7) is 11.6. The molecule has 0 saturated carbocycles. The zero-order valence-electron chi connectivity index (χ0n) is 37.2. The van der Waals surface area contributed by atoms with Crippen molar-refractivity contribution < 1.29 is 28.4 Å². The van der Waals surface area contributed by atoms with Crippen molar-refractivity contribution in [2.75, 3.05) is 76.9 Å². The van der Waals surface area contributed by atoms with Gasteiger partial charge in [-0.2, -0.15) is 9.65 Å². The quantitative estimate of drug-likeness (QED) is 0.0551. The number of hydrogen-bond donors (Lipinski definition) is 2. The molecular formula is C50H58FN9O5. The van der Waals surface area contributed by atoms with Crippen LogP contribution in [-0.2, 0) is 20.9 Å². The average molecular weight is 884 g/mol. The summed E-state index contributed by atoms with van der Waals surface area (Å²) < 4.78 is 13.9. The molecule has 3 saturated heterocycles. The first-order chi connectivity index (χ1) is 31.6. The van der Waals surface area contributed by atoms with Crippen molar-refractivity contribution in [1.82, 2.24) is 35.2 Å². The Morgan fingerprint density at radius 1 is 0.908 bits per heavy atom. The van der Waals surface area contributed by atoms with Gasteiger partial charge in [0.15, 0.2) is 0 Å². The second-order valence-corrected chi connectivity index (χ2v) is 17.4. The number of aromatic nitrogens is 1. The molecule has 1 aromatic heterocycles. The maximum atomic E-state index is 13.9. The van der Waals surface area contributed by atoms with Gasteiger partial charge in [0, 0.05) is 112 Å². The molecule has 2 atom stereocenters. The number of fused-ring (bicyclic) bond motifs is 1. The molecule has 15 heteroatoms. The smallest absolute Gasteiger partial charge is 0.261 e. The van der Waals surface area contributed by atoms with Crippen LogP contribution in [0, 0.1) is 35.0 Å². The molecule has 4 aliphatic heterocycles. The van der Waals surface area contributed by atoms with Crippen LogP contribution in [0.1, 0.15) is 95.7 Å². The number of nitriles is 1. The van der Waals surface area contributed by atoms with Crippen LogP contribution in [0.25, 0.3) is 6.08 Å². The number of nitrogens with one attached hydrogen (secondary N) is 2. The molecule has 7 rings (SSSR count). The highest BCUT2D eigenvalue weighted by molar-refractivity contribution is 6.05. The lowest BCUT2D eigenvalue weighted by Gasteiger charge is -2.36. The van der Waals surface area contributed by atoms with Crippen molar-refractivity contribution in [1.29, 1.82) is 5.26 Å². The van der Waals surface area contributed by atoms with E-state index in [1.807, 2.05) is 35.2 Å². The summed E-state index contributed by atoms with van der Waals surface area (Å²) in [5.41, 5.74) is 4.01. The van der Waals surface area contributed by atoms with Crippen LogP contribution < -0.4 is 15.5 Å². The number of unbranched alkanes of at least 4 members (excludes halogenated alkanes) is 4. The highest BCUT2D eigenvalue weighted by Crippen LogP contribution is 2.30. The Labute approximate surface area is 380 Å². The minimum absolute atomic E-state index is 0.0507. The molecule has 2 unspecified atom stereocenters. The lowest BCUT2D eigenvalue weighted by molar-refractivity contribution is -0.137. The molecular weight excluding hydrogens is 826 g/mol. The van der Waals surface area contributed by atoms with E-state index in [9.17, 15) is 33.6 Å². The predicted molar refractivity (Wildman–Crippen MR) is 244 cm³/mol. The molecule has 340 valence electrons. The van der Waals surface area contributed by atoms with Gasteiger partial charge in [-0.25, -0.2) is 4.98 Å². The second kappa shape index (κ2) is 22.5.